The molecule has 2 aromatic rings. The predicted octanol–water partition coefficient (Wildman–Crippen LogP) is 1.27. The maximum atomic E-state index is 13.6. The van der Waals surface area contributed by atoms with Crippen molar-refractivity contribution in [2.45, 2.75) is 57.0 Å². The van der Waals surface area contributed by atoms with Crippen molar-refractivity contribution in [3.05, 3.63) is 68.5 Å². The lowest BCUT2D eigenvalue weighted by molar-refractivity contribution is -0.143. The van der Waals surface area contributed by atoms with Gasteiger partial charge in [-0.05, 0) is 49.7 Å². The molecule has 222 valence electrons. The molecule has 3 saturated heterocycles. The molecule has 0 radical (unpaired) electrons. The second-order valence-corrected chi connectivity index (χ2v) is 13.2. The number of carbonyl (C=O) groups is 3. The van der Waals surface area contributed by atoms with Gasteiger partial charge in [0.25, 0.3) is 11.1 Å². The van der Waals surface area contributed by atoms with Crippen molar-refractivity contribution in [1.82, 2.24) is 23.8 Å². The van der Waals surface area contributed by atoms with Gasteiger partial charge in [-0.1, -0.05) is 12.1 Å². The van der Waals surface area contributed by atoms with Gasteiger partial charge in [0, 0.05) is 87.7 Å². The van der Waals surface area contributed by atoms with E-state index in [0.29, 0.717) is 45.2 Å². The first-order valence-electron chi connectivity index (χ1n) is 15.5. The van der Waals surface area contributed by atoms with Gasteiger partial charge in [0.2, 0.25) is 11.8 Å². The highest BCUT2D eigenvalue weighted by Gasteiger charge is 2.40. The first kappa shape index (κ1) is 27.3. The van der Waals surface area contributed by atoms with Gasteiger partial charge in [0.05, 0.1) is 18.9 Å². The molecule has 5 atom stereocenters. The van der Waals surface area contributed by atoms with Gasteiger partial charge in [-0.2, -0.15) is 0 Å². The number of aromatic nitrogens is 2. The van der Waals surface area contributed by atoms with Crippen LogP contribution < -0.4 is 11.1 Å². The molecule has 7 heterocycles. The summed E-state index contributed by atoms with van der Waals surface area (Å²) in [6.45, 7) is 5.26. The van der Waals surface area contributed by atoms with Crippen molar-refractivity contribution in [2.24, 2.45) is 17.8 Å². The highest BCUT2D eigenvalue weighted by Crippen LogP contribution is 2.37. The third-order valence-electron chi connectivity index (χ3n) is 10.2. The van der Waals surface area contributed by atoms with Crippen molar-refractivity contribution < 1.29 is 14.4 Å². The zero-order chi connectivity index (χ0) is 29.0. The first-order valence-corrected chi connectivity index (χ1v) is 15.5. The fourth-order valence-corrected chi connectivity index (χ4v) is 8.45. The minimum absolute atomic E-state index is 0.0308. The van der Waals surface area contributed by atoms with E-state index >= 15 is 0 Å². The highest BCUT2D eigenvalue weighted by molar-refractivity contribution is 5.99. The summed E-state index contributed by atoms with van der Waals surface area (Å²) in [5.74, 6) is 0.567. The number of likely N-dealkylation sites (tertiary alicyclic amines) is 3. The number of fused-ring (bicyclic) bond motifs is 8. The molecule has 0 N–H and O–H groups in total. The molecule has 3 fully saturated rings. The van der Waals surface area contributed by atoms with E-state index in [4.69, 9.17) is 0 Å². The molecule has 5 unspecified atom stereocenters. The largest absolute Gasteiger partial charge is 0.342 e. The minimum atomic E-state index is -0.250. The van der Waals surface area contributed by atoms with Gasteiger partial charge >= 0.3 is 0 Å². The fraction of sp³-hybridized carbons (Fsp3) is 0.594. The third kappa shape index (κ3) is 5.14. The lowest BCUT2D eigenvalue weighted by Gasteiger charge is -2.44. The monoisotopic (exact) mass is 573 g/mol. The van der Waals surface area contributed by atoms with Crippen LogP contribution in [-0.4, -0.2) is 87.2 Å². The van der Waals surface area contributed by atoms with Crippen LogP contribution in [0.2, 0.25) is 0 Å². The number of hydrogen-bond acceptors (Lipinski definition) is 6. The molecule has 0 spiro atoms. The standard InChI is InChI=1S/C32H39N5O5/c38-26(20-33-13-21-10-24(17-33)27-5-1-7-29(39)36(27)15-21)12-31(41)34-9-3-4-23(18-34)32(42)35-14-22-11-25(19-35)28-6-2-8-30(40)37(28)16-22/h1-2,5-8,21-25H,3-4,9-20H2. The summed E-state index contributed by atoms with van der Waals surface area (Å²) in [4.78, 5) is 70.4. The van der Waals surface area contributed by atoms with E-state index in [2.05, 4.69) is 4.90 Å². The van der Waals surface area contributed by atoms with Crippen LogP contribution in [0.1, 0.15) is 55.3 Å². The van der Waals surface area contributed by atoms with Crippen LogP contribution in [-0.2, 0) is 27.5 Å². The summed E-state index contributed by atoms with van der Waals surface area (Å²) < 4.78 is 3.75. The van der Waals surface area contributed by atoms with Gasteiger partial charge in [-0.3, -0.25) is 28.9 Å². The van der Waals surface area contributed by atoms with E-state index in [1.54, 1.807) is 23.1 Å². The normalized spacial score (nSPS) is 28.5. The molecule has 10 heteroatoms. The number of ketones is 1. The summed E-state index contributed by atoms with van der Waals surface area (Å²) >= 11 is 0. The Morgan fingerprint density at radius 2 is 1.36 bits per heavy atom. The zero-order valence-corrected chi connectivity index (χ0v) is 24.0. The predicted molar refractivity (Wildman–Crippen MR) is 155 cm³/mol. The second-order valence-electron chi connectivity index (χ2n) is 13.2. The van der Waals surface area contributed by atoms with Crippen molar-refractivity contribution in [2.75, 3.05) is 45.8 Å². The minimum Gasteiger partial charge on any atom is -0.342 e. The van der Waals surface area contributed by atoms with Crippen LogP contribution in [0.3, 0.4) is 0 Å². The summed E-state index contributed by atoms with van der Waals surface area (Å²) in [6, 6.07) is 10.8. The van der Waals surface area contributed by atoms with E-state index in [1.807, 2.05) is 32.2 Å². The molecular weight excluding hydrogens is 534 g/mol. The van der Waals surface area contributed by atoms with Crippen LogP contribution in [0.15, 0.2) is 46.0 Å². The number of Topliss-reactive ketones (excluding diaryl/α,β-unsaturated/α-hetero) is 1. The average molecular weight is 574 g/mol. The smallest absolute Gasteiger partial charge is 0.250 e. The Kier molecular flexibility index (Phi) is 7.12. The summed E-state index contributed by atoms with van der Waals surface area (Å²) in [5, 5.41) is 0. The van der Waals surface area contributed by atoms with Gasteiger partial charge in [-0.25, -0.2) is 0 Å². The van der Waals surface area contributed by atoms with Crippen LogP contribution in [0.4, 0.5) is 0 Å². The average Bonchev–Trinajstić information content (AvgIpc) is 2.98. The SMILES string of the molecule is O=C(CC(=O)N1CCCC(C(=O)N2CC3CC(C2)c2cccc(=O)n2C3)C1)CN1CC2CC(C1)c1cccc(=O)n1C2. The molecule has 5 aliphatic rings. The summed E-state index contributed by atoms with van der Waals surface area (Å²) in [6.07, 6.45) is 3.39. The van der Waals surface area contributed by atoms with Crippen LogP contribution in [0, 0.1) is 17.8 Å². The fourth-order valence-electron chi connectivity index (χ4n) is 8.45. The number of carbonyl (C=O) groups excluding carboxylic acids is 3. The second kappa shape index (κ2) is 10.9. The van der Waals surface area contributed by atoms with Crippen LogP contribution in [0.5, 0.6) is 0 Å². The van der Waals surface area contributed by atoms with Crippen LogP contribution in [0.25, 0.3) is 0 Å². The maximum Gasteiger partial charge on any atom is 0.250 e. The third-order valence-corrected chi connectivity index (χ3v) is 10.2. The topological polar surface area (TPSA) is 105 Å². The number of hydrogen-bond donors (Lipinski definition) is 0. The van der Waals surface area contributed by atoms with Gasteiger partial charge in [-0.15, -0.1) is 0 Å². The highest BCUT2D eigenvalue weighted by atomic mass is 16.2. The van der Waals surface area contributed by atoms with E-state index < -0.39 is 0 Å². The van der Waals surface area contributed by atoms with E-state index in [9.17, 15) is 24.0 Å². The van der Waals surface area contributed by atoms with Crippen LogP contribution >= 0.6 is 0 Å². The quantitative estimate of drug-likeness (QED) is 0.499. The molecule has 0 saturated carbocycles. The number of rotatable bonds is 5. The summed E-state index contributed by atoms with van der Waals surface area (Å²) in [7, 11) is 0. The van der Waals surface area contributed by atoms with E-state index in [0.717, 1.165) is 50.2 Å². The Balaban J connectivity index is 0.936. The number of nitrogens with zero attached hydrogens (tertiary/aromatic N) is 5. The Bertz CT molecular complexity index is 1530. The Labute approximate surface area is 244 Å². The number of pyridine rings is 2. The first-order chi connectivity index (χ1) is 20.3. The van der Waals surface area contributed by atoms with E-state index in [-0.39, 0.29) is 65.4 Å². The lowest BCUT2D eigenvalue weighted by Crippen LogP contribution is -2.53. The molecule has 4 bridgehead atoms. The maximum absolute atomic E-state index is 13.6. The van der Waals surface area contributed by atoms with Gasteiger partial charge in [0.15, 0.2) is 5.78 Å². The van der Waals surface area contributed by atoms with Gasteiger partial charge in [0.1, 0.15) is 0 Å². The number of piperidine rings is 3. The Morgan fingerprint density at radius 1 is 0.714 bits per heavy atom. The number of amides is 2. The molecular formula is C32H39N5O5. The molecule has 5 aliphatic heterocycles. The molecule has 2 amide bonds. The van der Waals surface area contributed by atoms with Crippen molar-refractivity contribution in [3.8, 4) is 0 Å². The molecule has 42 heavy (non-hydrogen) atoms. The summed E-state index contributed by atoms with van der Waals surface area (Å²) in [5.41, 5.74) is 2.14. The molecule has 7 rings (SSSR count). The van der Waals surface area contributed by atoms with Crippen molar-refractivity contribution in [3.63, 3.8) is 0 Å². The Morgan fingerprint density at radius 3 is 2.05 bits per heavy atom. The van der Waals surface area contributed by atoms with Crippen molar-refractivity contribution >= 4 is 17.6 Å². The molecule has 0 aromatic carbocycles. The lowest BCUT2D eigenvalue weighted by atomic mass is 9.82. The zero-order valence-electron chi connectivity index (χ0n) is 24.0. The molecule has 0 aliphatic carbocycles. The van der Waals surface area contributed by atoms with Gasteiger partial charge < -0.3 is 18.9 Å². The van der Waals surface area contributed by atoms with E-state index in [1.165, 1.54) is 0 Å². The Hall–Kier alpha value is -3.53. The van der Waals surface area contributed by atoms with Crippen molar-refractivity contribution in [1.29, 1.82) is 0 Å². The molecule has 10 nitrogen and oxygen atoms in total. The molecule has 2 aromatic heterocycles.